The van der Waals surface area contributed by atoms with Crippen molar-refractivity contribution in [3.63, 3.8) is 0 Å². The van der Waals surface area contributed by atoms with Crippen LogP contribution in [0.5, 0.6) is 0 Å². The fourth-order valence-corrected chi connectivity index (χ4v) is 3.43. The molecule has 2 saturated heterocycles. The molecule has 1 aromatic rings. The van der Waals surface area contributed by atoms with E-state index in [2.05, 4.69) is 20.2 Å². The quantitative estimate of drug-likeness (QED) is 0.728. The molecule has 1 atom stereocenters. The summed E-state index contributed by atoms with van der Waals surface area (Å²) in [6.45, 7) is 12.1. The molecule has 2 N–H and O–H groups in total. The van der Waals surface area contributed by atoms with Gasteiger partial charge in [-0.1, -0.05) is 0 Å². The first-order chi connectivity index (χ1) is 12.3. The van der Waals surface area contributed by atoms with Crippen LogP contribution in [0.3, 0.4) is 0 Å². The lowest BCUT2D eigenvalue weighted by Crippen LogP contribution is -2.41. The third kappa shape index (κ3) is 4.36. The van der Waals surface area contributed by atoms with Crippen LogP contribution in [0, 0.1) is 5.92 Å². The monoisotopic (exact) mass is 362 g/mol. The molecule has 0 bridgehead atoms. The summed E-state index contributed by atoms with van der Waals surface area (Å²) in [7, 11) is -0.431. The second-order valence-corrected chi connectivity index (χ2v) is 8.34. The first-order valence-corrected chi connectivity index (χ1v) is 9.55. The highest BCUT2D eigenvalue weighted by Gasteiger charge is 2.51. The summed E-state index contributed by atoms with van der Waals surface area (Å²) >= 11 is 0. The third-order valence-corrected chi connectivity index (χ3v) is 5.77. The first kappa shape index (κ1) is 19.5. The average molecular weight is 362 g/mol. The van der Waals surface area contributed by atoms with E-state index in [9.17, 15) is 0 Å². The van der Waals surface area contributed by atoms with E-state index in [0.717, 1.165) is 31.6 Å². The Kier molecular flexibility index (Phi) is 5.86. The summed E-state index contributed by atoms with van der Waals surface area (Å²) in [6, 6.07) is 0. The number of aliphatic hydroxyl groups excluding tert-OH is 1. The maximum Gasteiger partial charge on any atom is 0.498 e. The Labute approximate surface area is 156 Å². The van der Waals surface area contributed by atoms with Gasteiger partial charge in [0.1, 0.15) is 0 Å². The van der Waals surface area contributed by atoms with E-state index in [4.69, 9.17) is 14.4 Å². The molecular weight excluding hydrogens is 331 g/mol. The first-order valence-electron chi connectivity index (χ1n) is 9.55. The van der Waals surface area contributed by atoms with Crippen LogP contribution in [-0.4, -0.2) is 71.1 Å². The van der Waals surface area contributed by atoms with Crippen molar-refractivity contribution in [1.82, 2.24) is 14.9 Å². The smallest absolute Gasteiger partial charge is 0.399 e. The maximum atomic E-state index is 9.10. The van der Waals surface area contributed by atoms with Crippen molar-refractivity contribution in [3.05, 3.63) is 12.4 Å². The van der Waals surface area contributed by atoms with Gasteiger partial charge in [-0.15, -0.1) is 0 Å². The zero-order valence-corrected chi connectivity index (χ0v) is 16.4. The molecule has 2 aliphatic rings. The minimum absolute atomic E-state index is 0.226. The number of piperidine rings is 1. The van der Waals surface area contributed by atoms with Crippen LogP contribution >= 0.6 is 0 Å². The van der Waals surface area contributed by atoms with Crippen LogP contribution in [0.4, 0.5) is 5.95 Å². The van der Waals surface area contributed by atoms with Gasteiger partial charge in [-0.05, 0) is 53.0 Å². The number of hydrogen-bond acceptors (Lipinski definition) is 7. The molecule has 0 aliphatic carbocycles. The largest absolute Gasteiger partial charge is 0.498 e. The van der Waals surface area contributed by atoms with Crippen LogP contribution in [0.2, 0.25) is 0 Å². The number of β-amino-alcohol motifs (C(OH)–C–C–N with tert-alkyl or cyclic N) is 1. The predicted molar refractivity (Wildman–Crippen MR) is 102 cm³/mol. The van der Waals surface area contributed by atoms with Crippen LogP contribution in [0.25, 0.3) is 0 Å². The lowest BCUT2D eigenvalue weighted by Gasteiger charge is -2.32. The van der Waals surface area contributed by atoms with Gasteiger partial charge in [-0.25, -0.2) is 9.97 Å². The fourth-order valence-electron chi connectivity index (χ4n) is 3.43. The predicted octanol–water partition coefficient (Wildman–Crippen LogP) is 0.892. The number of rotatable bonds is 6. The maximum absolute atomic E-state index is 9.10. The Balaban J connectivity index is 1.52. The highest BCUT2D eigenvalue weighted by molar-refractivity contribution is 6.61. The van der Waals surface area contributed by atoms with Crippen LogP contribution in [0.15, 0.2) is 12.4 Å². The van der Waals surface area contributed by atoms with Gasteiger partial charge < -0.3 is 24.6 Å². The topological polar surface area (TPSA) is 79.7 Å². The Morgan fingerprint density at radius 1 is 1.23 bits per heavy atom. The minimum Gasteiger partial charge on any atom is -0.399 e. The van der Waals surface area contributed by atoms with Gasteiger partial charge >= 0.3 is 7.12 Å². The molecule has 3 rings (SSSR count). The van der Waals surface area contributed by atoms with Gasteiger partial charge in [0.25, 0.3) is 0 Å². The Morgan fingerprint density at radius 2 is 1.88 bits per heavy atom. The van der Waals surface area contributed by atoms with E-state index >= 15 is 0 Å². The lowest BCUT2D eigenvalue weighted by atomic mass is 9.81. The number of hydrogen-bond donors (Lipinski definition) is 2. The second kappa shape index (κ2) is 7.80. The van der Waals surface area contributed by atoms with E-state index in [-0.39, 0.29) is 17.8 Å². The van der Waals surface area contributed by atoms with Crippen molar-refractivity contribution in [3.8, 4) is 0 Å². The highest BCUT2D eigenvalue weighted by Crippen LogP contribution is 2.36. The highest BCUT2D eigenvalue weighted by atomic mass is 16.7. The van der Waals surface area contributed by atoms with Gasteiger partial charge in [-0.2, -0.15) is 0 Å². The summed E-state index contributed by atoms with van der Waals surface area (Å²) in [5.74, 6) is 1.19. The summed E-state index contributed by atoms with van der Waals surface area (Å²) in [5, 5.41) is 12.4. The minimum atomic E-state index is -0.431. The SMILES string of the molecule is CC1(C)OB(c2cnc(NC[C@@H]3CCCN(CCO)C3)nc2)OC1(C)C. The molecule has 8 heteroatoms. The molecule has 2 aliphatic heterocycles. The summed E-state index contributed by atoms with van der Waals surface area (Å²) in [4.78, 5) is 11.2. The van der Waals surface area contributed by atoms with Gasteiger partial charge in [0.05, 0.1) is 17.8 Å². The molecule has 0 aromatic carbocycles. The Morgan fingerprint density at radius 3 is 2.50 bits per heavy atom. The fraction of sp³-hybridized carbons (Fsp3) is 0.778. The van der Waals surface area contributed by atoms with Crippen LogP contribution < -0.4 is 10.8 Å². The standard InChI is InChI=1S/C18H31BN4O3/c1-17(2)18(3,4)26-19(25-17)15-11-21-16(22-12-15)20-10-14-6-5-7-23(13-14)8-9-24/h11-12,14,24H,5-10,13H2,1-4H3,(H,20,21,22)/t14-/m0/s1. The molecule has 0 spiro atoms. The Bertz CT molecular complexity index is 579. The van der Waals surface area contributed by atoms with E-state index in [1.807, 2.05) is 27.7 Å². The number of nitrogens with zero attached hydrogens (tertiary/aromatic N) is 3. The van der Waals surface area contributed by atoms with Gasteiger partial charge in [0.2, 0.25) is 5.95 Å². The lowest BCUT2D eigenvalue weighted by molar-refractivity contribution is 0.00578. The Hall–Kier alpha value is -1.22. The zero-order valence-electron chi connectivity index (χ0n) is 16.4. The van der Waals surface area contributed by atoms with Crippen molar-refractivity contribution >= 4 is 18.5 Å². The molecule has 0 amide bonds. The molecular formula is C18H31BN4O3. The van der Waals surface area contributed by atoms with E-state index in [1.54, 1.807) is 12.4 Å². The van der Waals surface area contributed by atoms with Crippen molar-refractivity contribution in [2.75, 3.05) is 38.1 Å². The molecule has 7 nitrogen and oxygen atoms in total. The normalized spacial score (nSPS) is 25.4. The van der Waals surface area contributed by atoms with E-state index < -0.39 is 7.12 Å². The third-order valence-electron chi connectivity index (χ3n) is 5.77. The second-order valence-electron chi connectivity index (χ2n) is 8.34. The van der Waals surface area contributed by atoms with E-state index in [1.165, 1.54) is 12.8 Å². The van der Waals surface area contributed by atoms with Crippen LogP contribution in [0.1, 0.15) is 40.5 Å². The van der Waals surface area contributed by atoms with Crippen molar-refractivity contribution in [1.29, 1.82) is 0 Å². The molecule has 3 heterocycles. The van der Waals surface area contributed by atoms with Gasteiger partial charge in [0.15, 0.2) is 0 Å². The number of aromatic nitrogens is 2. The molecule has 0 radical (unpaired) electrons. The number of nitrogens with one attached hydrogen (secondary N) is 1. The summed E-state index contributed by atoms with van der Waals surface area (Å²) in [5.41, 5.74) is 0.104. The molecule has 1 aromatic heterocycles. The molecule has 144 valence electrons. The zero-order chi connectivity index (χ0) is 18.8. The molecule has 26 heavy (non-hydrogen) atoms. The number of likely N-dealkylation sites (tertiary alicyclic amines) is 1. The van der Waals surface area contributed by atoms with Crippen molar-refractivity contribution in [2.24, 2.45) is 5.92 Å². The summed E-state index contributed by atoms with van der Waals surface area (Å²) < 4.78 is 12.1. The summed E-state index contributed by atoms with van der Waals surface area (Å²) in [6.07, 6.45) is 5.92. The average Bonchev–Trinajstić information content (AvgIpc) is 2.82. The molecule has 0 saturated carbocycles. The van der Waals surface area contributed by atoms with Gasteiger partial charge in [0, 0.05) is 37.5 Å². The van der Waals surface area contributed by atoms with E-state index in [0.29, 0.717) is 11.9 Å². The van der Waals surface area contributed by atoms with Crippen molar-refractivity contribution < 1.29 is 14.4 Å². The number of anilines is 1. The van der Waals surface area contributed by atoms with Crippen molar-refractivity contribution in [2.45, 2.75) is 51.7 Å². The number of aliphatic hydroxyl groups is 1. The molecule has 0 unspecified atom stereocenters. The van der Waals surface area contributed by atoms with Crippen LogP contribution in [-0.2, 0) is 9.31 Å². The van der Waals surface area contributed by atoms with Gasteiger partial charge in [-0.3, -0.25) is 0 Å². The molecule has 2 fully saturated rings.